The summed E-state index contributed by atoms with van der Waals surface area (Å²) < 4.78 is 1.21. The summed E-state index contributed by atoms with van der Waals surface area (Å²) in [6, 6.07) is 7.25. The van der Waals surface area contributed by atoms with Crippen molar-refractivity contribution in [1.29, 1.82) is 0 Å². The molecule has 17 heavy (non-hydrogen) atoms. The lowest BCUT2D eigenvalue weighted by Gasteiger charge is -2.39. The van der Waals surface area contributed by atoms with Gasteiger partial charge in [-0.3, -0.25) is 0 Å². The molecule has 0 spiro atoms. The molecule has 0 N–H and O–H groups in total. The van der Waals surface area contributed by atoms with Crippen LogP contribution >= 0.6 is 43.6 Å². The van der Waals surface area contributed by atoms with Gasteiger partial charge >= 0.3 is 0 Å². The molecule has 94 valence electrons. The zero-order chi connectivity index (χ0) is 12.4. The van der Waals surface area contributed by atoms with Crippen molar-refractivity contribution in [3.8, 4) is 0 Å². The summed E-state index contributed by atoms with van der Waals surface area (Å²) >= 11 is 9.27. The third kappa shape index (κ3) is 3.02. The van der Waals surface area contributed by atoms with Crippen LogP contribution in [0.2, 0.25) is 0 Å². The highest BCUT2D eigenvalue weighted by molar-refractivity contribution is 9.10. The lowest BCUT2D eigenvalue weighted by atomic mass is 10.1. The van der Waals surface area contributed by atoms with Gasteiger partial charge in [-0.2, -0.15) is 11.8 Å². The highest BCUT2D eigenvalue weighted by Crippen LogP contribution is 2.34. The van der Waals surface area contributed by atoms with Gasteiger partial charge in [0.2, 0.25) is 0 Å². The molecule has 2 unspecified atom stereocenters. The molecule has 1 fully saturated rings. The molecule has 0 amide bonds. The van der Waals surface area contributed by atoms with Gasteiger partial charge in [-0.05, 0) is 40.5 Å². The van der Waals surface area contributed by atoms with Crippen molar-refractivity contribution in [3.63, 3.8) is 0 Å². The normalized spacial score (nSPS) is 25.1. The minimum absolute atomic E-state index is 0.597. The first-order valence-electron chi connectivity index (χ1n) is 5.86. The Hall–Kier alpha value is 0.330. The Labute approximate surface area is 125 Å². The number of hydrogen-bond donors (Lipinski definition) is 0. The first-order valence-corrected chi connectivity index (χ1v) is 8.82. The highest BCUT2D eigenvalue weighted by atomic mass is 79.9. The van der Waals surface area contributed by atoms with E-state index < -0.39 is 0 Å². The molecule has 1 nitrogen and oxygen atoms in total. The minimum Gasteiger partial charge on any atom is -0.366 e. The molecule has 1 heterocycles. The van der Waals surface area contributed by atoms with E-state index in [4.69, 9.17) is 0 Å². The first kappa shape index (κ1) is 13.8. The topological polar surface area (TPSA) is 3.24 Å². The third-order valence-electron chi connectivity index (χ3n) is 3.36. The Morgan fingerprint density at radius 3 is 2.82 bits per heavy atom. The molecular formula is C13H17Br2NS. The molecule has 0 saturated carbocycles. The fraction of sp³-hybridized carbons (Fsp3) is 0.538. The lowest BCUT2D eigenvalue weighted by molar-refractivity contribution is 0.626. The van der Waals surface area contributed by atoms with Gasteiger partial charge in [-0.25, -0.2) is 0 Å². The average Bonchev–Trinajstić information content (AvgIpc) is 2.33. The second kappa shape index (κ2) is 5.98. The predicted octanol–water partition coefficient (Wildman–Crippen LogP) is 4.67. The van der Waals surface area contributed by atoms with Crippen LogP contribution in [0.5, 0.6) is 0 Å². The Kier molecular flexibility index (Phi) is 4.84. The molecular weight excluding hydrogens is 362 g/mol. The van der Waals surface area contributed by atoms with Crippen molar-refractivity contribution in [3.05, 3.63) is 28.2 Å². The van der Waals surface area contributed by atoms with Crippen LogP contribution in [0.4, 0.5) is 5.69 Å². The molecule has 0 aliphatic carbocycles. The second-order valence-corrected chi connectivity index (χ2v) is 7.33. The van der Waals surface area contributed by atoms with Gasteiger partial charge in [0.1, 0.15) is 0 Å². The lowest BCUT2D eigenvalue weighted by Crippen LogP contribution is -2.44. The highest BCUT2D eigenvalue weighted by Gasteiger charge is 2.26. The predicted molar refractivity (Wildman–Crippen MR) is 85.5 cm³/mol. The summed E-state index contributed by atoms with van der Waals surface area (Å²) in [5.41, 5.74) is 2.64. The van der Waals surface area contributed by atoms with Gasteiger partial charge in [-0.15, -0.1) is 0 Å². The van der Waals surface area contributed by atoms with Crippen molar-refractivity contribution >= 4 is 49.3 Å². The Morgan fingerprint density at radius 2 is 2.18 bits per heavy atom. The van der Waals surface area contributed by atoms with Crippen LogP contribution in [0.15, 0.2) is 22.7 Å². The van der Waals surface area contributed by atoms with E-state index >= 15 is 0 Å². The van der Waals surface area contributed by atoms with E-state index in [1.807, 2.05) is 0 Å². The van der Waals surface area contributed by atoms with E-state index in [2.05, 4.69) is 80.6 Å². The second-order valence-electron chi connectivity index (χ2n) is 4.43. The van der Waals surface area contributed by atoms with Crippen molar-refractivity contribution in [1.82, 2.24) is 0 Å². The Balaban J connectivity index is 2.27. The number of thioether (sulfide) groups is 1. The maximum atomic E-state index is 3.70. The van der Waals surface area contributed by atoms with E-state index in [0.717, 1.165) is 11.9 Å². The van der Waals surface area contributed by atoms with Crippen LogP contribution in [0.25, 0.3) is 0 Å². The van der Waals surface area contributed by atoms with Crippen molar-refractivity contribution in [2.45, 2.75) is 30.5 Å². The molecule has 2 rings (SSSR count). The van der Waals surface area contributed by atoms with Crippen LogP contribution < -0.4 is 4.90 Å². The molecule has 1 aromatic carbocycles. The summed E-state index contributed by atoms with van der Waals surface area (Å²) in [7, 11) is 0. The van der Waals surface area contributed by atoms with Crippen LogP contribution in [0.3, 0.4) is 0 Å². The summed E-state index contributed by atoms with van der Waals surface area (Å²) in [5.74, 6) is 1.22. The quantitative estimate of drug-likeness (QED) is 0.687. The van der Waals surface area contributed by atoms with E-state index in [9.17, 15) is 0 Å². The molecule has 1 aliphatic heterocycles. The number of anilines is 1. The molecule has 1 saturated heterocycles. The minimum atomic E-state index is 0.597. The van der Waals surface area contributed by atoms with Gasteiger partial charge in [0.25, 0.3) is 0 Å². The Bertz CT molecular complexity index is 397. The van der Waals surface area contributed by atoms with Gasteiger partial charge < -0.3 is 4.90 Å². The number of benzene rings is 1. The number of nitrogens with zero attached hydrogens (tertiary/aromatic N) is 1. The van der Waals surface area contributed by atoms with Crippen LogP contribution in [-0.2, 0) is 5.33 Å². The zero-order valence-electron chi connectivity index (χ0n) is 10.1. The van der Waals surface area contributed by atoms with E-state index in [1.54, 1.807) is 0 Å². The maximum Gasteiger partial charge on any atom is 0.0513 e. The van der Waals surface area contributed by atoms with Crippen LogP contribution in [-0.4, -0.2) is 23.6 Å². The Morgan fingerprint density at radius 1 is 1.41 bits per heavy atom. The molecule has 0 bridgehead atoms. The molecule has 0 aromatic heterocycles. The molecule has 1 aliphatic rings. The standard InChI is InChI=1S/C13H17Br2NS/c1-9-10(2)17-6-5-16(9)13-4-3-11(8-14)7-12(13)15/h3-4,7,9-10H,5-6,8H2,1-2H3. The molecule has 1 aromatic rings. The van der Waals surface area contributed by atoms with Crippen molar-refractivity contribution in [2.75, 3.05) is 17.2 Å². The van der Waals surface area contributed by atoms with Gasteiger partial charge in [0.15, 0.2) is 0 Å². The van der Waals surface area contributed by atoms with E-state index in [1.165, 1.54) is 21.5 Å². The van der Waals surface area contributed by atoms with E-state index in [0.29, 0.717) is 11.3 Å². The largest absolute Gasteiger partial charge is 0.366 e. The maximum absolute atomic E-state index is 3.70. The van der Waals surface area contributed by atoms with Gasteiger partial charge in [0.05, 0.1) is 5.69 Å². The summed E-state index contributed by atoms with van der Waals surface area (Å²) in [4.78, 5) is 2.52. The number of hydrogen-bond acceptors (Lipinski definition) is 2. The number of halogens is 2. The summed E-state index contributed by atoms with van der Waals surface area (Å²) in [6.45, 7) is 5.78. The number of rotatable bonds is 2. The molecule has 0 radical (unpaired) electrons. The average molecular weight is 379 g/mol. The van der Waals surface area contributed by atoms with Crippen LogP contribution in [0, 0.1) is 0 Å². The van der Waals surface area contributed by atoms with Crippen molar-refractivity contribution in [2.24, 2.45) is 0 Å². The monoisotopic (exact) mass is 377 g/mol. The molecule has 2 atom stereocenters. The summed E-state index contributed by atoms with van der Waals surface area (Å²) in [5, 5.41) is 1.61. The van der Waals surface area contributed by atoms with Crippen molar-refractivity contribution < 1.29 is 0 Å². The fourth-order valence-electron chi connectivity index (χ4n) is 2.14. The molecule has 4 heteroatoms. The first-order chi connectivity index (χ1) is 8.13. The fourth-order valence-corrected chi connectivity index (χ4v) is 4.24. The van der Waals surface area contributed by atoms with Gasteiger partial charge in [0, 0.05) is 33.4 Å². The SMILES string of the molecule is CC1SCCN(c2ccc(CBr)cc2Br)C1C. The summed E-state index contributed by atoms with van der Waals surface area (Å²) in [6.07, 6.45) is 0. The zero-order valence-corrected chi connectivity index (χ0v) is 14.1. The smallest absolute Gasteiger partial charge is 0.0513 e. The van der Waals surface area contributed by atoms with Gasteiger partial charge in [-0.1, -0.05) is 28.9 Å². The number of alkyl halides is 1. The van der Waals surface area contributed by atoms with Crippen LogP contribution in [0.1, 0.15) is 19.4 Å². The third-order valence-corrected chi connectivity index (χ3v) is 5.98. The van der Waals surface area contributed by atoms with E-state index in [-0.39, 0.29) is 0 Å².